The molecule has 0 amide bonds. The zero-order valence-corrected chi connectivity index (χ0v) is 12.2. The number of aliphatic hydroxyl groups is 1. The summed E-state index contributed by atoms with van der Waals surface area (Å²) in [5, 5.41) is 13.4. The monoisotopic (exact) mass is 268 g/mol. The second-order valence-electron chi connectivity index (χ2n) is 5.52. The van der Waals surface area contributed by atoms with E-state index in [-0.39, 0.29) is 6.10 Å². The Kier molecular flexibility index (Phi) is 5.15. The van der Waals surface area contributed by atoms with Gasteiger partial charge in [-0.15, -0.1) is 11.3 Å². The molecule has 3 nitrogen and oxygen atoms in total. The second kappa shape index (κ2) is 6.64. The molecular weight excluding hydrogens is 244 g/mol. The van der Waals surface area contributed by atoms with Crippen LogP contribution in [0.3, 0.4) is 0 Å². The third-order valence-corrected chi connectivity index (χ3v) is 4.59. The molecule has 1 N–H and O–H groups in total. The maximum absolute atomic E-state index is 10.1. The summed E-state index contributed by atoms with van der Waals surface area (Å²) >= 11 is 1.71. The highest BCUT2D eigenvalue weighted by atomic mass is 32.1. The Labute approximate surface area is 114 Å². The van der Waals surface area contributed by atoms with Gasteiger partial charge in [-0.05, 0) is 32.7 Å². The maximum atomic E-state index is 10.1. The second-order valence-corrected chi connectivity index (χ2v) is 6.58. The van der Waals surface area contributed by atoms with Crippen molar-refractivity contribution in [1.82, 2.24) is 9.88 Å². The Morgan fingerprint density at radius 3 is 2.89 bits per heavy atom. The molecule has 2 atom stereocenters. The summed E-state index contributed by atoms with van der Waals surface area (Å²) in [5.74, 6) is 0.442. The number of thiazole rings is 1. The lowest BCUT2D eigenvalue weighted by molar-refractivity contribution is 0.0778. The third kappa shape index (κ3) is 4.04. The zero-order valence-electron chi connectivity index (χ0n) is 11.4. The van der Waals surface area contributed by atoms with Crippen LogP contribution in [0.1, 0.15) is 42.8 Å². The Hall–Kier alpha value is -0.450. The van der Waals surface area contributed by atoms with Crippen molar-refractivity contribution in [2.24, 2.45) is 5.92 Å². The van der Waals surface area contributed by atoms with Gasteiger partial charge >= 0.3 is 0 Å². The minimum Gasteiger partial charge on any atom is -0.393 e. The zero-order chi connectivity index (χ0) is 13.0. The first kappa shape index (κ1) is 14.0. The minimum absolute atomic E-state index is 0.105. The largest absolute Gasteiger partial charge is 0.393 e. The van der Waals surface area contributed by atoms with Gasteiger partial charge in [0.05, 0.1) is 16.8 Å². The van der Waals surface area contributed by atoms with Crippen LogP contribution in [0.15, 0.2) is 5.38 Å². The van der Waals surface area contributed by atoms with Gasteiger partial charge in [-0.1, -0.05) is 19.3 Å². The number of aliphatic hydroxyl groups excluding tert-OH is 1. The van der Waals surface area contributed by atoms with E-state index in [0.29, 0.717) is 5.92 Å². The van der Waals surface area contributed by atoms with E-state index in [2.05, 4.69) is 22.3 Å². The molecule has 18 heavy (non-hydrogen) atoms. The van der Waals surface area contributed by atoms with Crippen LogP contribution in [0, 0.1) is 12.8 Å². The fourth-order valence-electron chi connectivity index (χ4n) is 2.80. The molecule has 1 aliphatic rings. The minimum atomic E-state index is -0.105. The number of hydrogen-bond acceptors (Lipinski definition) is 4. The molecule has 2 unspecified atom stereocenters. The van der Waals surface area contributed by atoms with Gasteiger partial charge in [0, 0.05) is 18.5 Å². The van der Waals surface area contributed by atoms with Crippen LogP contribution in [-0.4, -0.2) is 34.7 Å². The van der Waals surface area contributed by atoms with E-state index in [1.807, 2.05) is 6.92 Å². The summed E-state index contributed by atoms with van der Waals surface area (Å²) < 4.78 is 0. The van der Waals surface area contributed by atoms with Gasteiger partial charge in [-0.3, -0.25) is 0 Å². The van der Waals surface area contributed by atoms with Crippen LogP contribution in [0.5, 0.6) is 0 Å². The molecule has 1 fully saturated rings. The highest BCUT2D eigenvalue weighted by Gasteiger charge is 2.22. The average molecular weight is 268 g/mol. The Morgan fingerprint density at radius 2 is 2.17 bits per heavy atom. The maximum Gasteiger partial charge on any atom is 0.0897 e. The van der Waals surface area contributed by atoms with Crippen molar-refractivity contribution < 1.29 is 5.11 Å². The van der Waals surface area contributed by atoms with Crippen molar-refractivity contribution in [3.63, 3.8) is 0 Å². The smallest absolute Gasteiger partial charge is 0.0897 e. The molecule has 2 rings (SSSR count). The van der Waals surface area contributed by atoms with Crippen LogP contribution in [0.25, 0.3) is 0 Å². The third-order valence-electron chi connectivity index (χ3n) is 3.76. The molecular formula is C14H24N2OS. The molecule has 1 aliphatic carbocycles. The summed E-state index contributed by atoms with van der Waals surface area (Å²) in [7, 11) is 2.13. The molecule has 0 aliphatic heterocycles. The molecule has 0 aromatic carbocycles. The summed E-state index contributed by atoms with van der Waals surface area (Å²) in [5.41, 5.74) is 1.16. The Morgan fingerprint density at radius 1 is 1.39 bits per heavy atom. The molecule has 0 bridgehead atoms. The van der Waals surface area contributed by atoms with Gasteiger partial charge in [-0.25, -0.2) is 4.98 Å². The van der Waals surface area contributed by atoms with E-state index < -0.39 is 0 Å². The van der Waals surface area contributed by atoms with E-state index in [0.717, 1.165) is 30.2 Å². The van der Waals surface area contributed by atoms with Gasteiger partial charge < -0.3 is 10.0 Å². The molecule has 0 spiro atoms. The van der Waals surface area contributed by atoms with E-state index in [1.54, 1.807) is 11.3 Å². The van der Waals surface area contributed by atoms with Crippen LogP contribution in [-0.2, 0) is 6.54 Å². The van der Waals surface area contributed by atoms with Gasteiger partial charge in [-0.2, -0.15) is 0 Å². The van der Waals surface area contributed by atoms with Crippen molar-refractivity contribution in [3.05, 3.63) is 16.1 Å². The van der Waals surface area contributed by atoms with Crippen LogP contribution in [0.2, 0.25) is 0 Å². The molecule has 0 radical (unpaired) electrons. The first-order chi connectivity index (χ1) is 8.65. The fourth-order valence-corrected chi connectivity index (χ4v) is 3.40. The number of aryl methyl sites for hydroxylation is 1. The predicted octanol–water partition coefficient (Wildman–Crippen LogP) is 2.82. The quantitative estimate of drug-likeness (QED) is 0.853. The van der Waals surface area contributed by atoms with Crippen molar-refractivity contribution in [2.75, 3.05) is 13.6 Å². The topological polar surface area (TPSA) is 36.4 Å². The number of nitrogens with zero attached hydrogens (tertiary/aromatic N) is 2. The van der Waals surface area contributed by atoms with E-state index >= 15 is 0 Å². The SMILES string of the molecule is Cc1nc(CN(C)CC2CCCCCC2O)cs1. The van der Waals surface area contributed by atoms with Gasteiger partial charge in [0.2, 0.25) is 0 Å². The summed E-state index contributed by atoms with van der Waals surface area (Å²) in [4.78, 5) is 6.79. The normalized spacial score (nSPS) is 25.3. The van der Waals surface area contributed by atoms with Gasteiger partial charge in [0.1, 0.15) is 0 Å². The average Bonchev–Trinajstić information content (AvgIpc) is 2.61. The standard InChI is InChI=1S/C14H24N2OS/c1-11-15-13(10-18-11)9-16(2)8-12-6-4-3-5-7-14(12)17/h10,12,14,17H,3-9H2,1-2H3. The summed E-state index contributed by atoms with van der Waals surface area (Å²) in [6, 6.07) is 0. The van der Waals surface area contributed by atoms with Crippen LogP contribution >= 0.6 is 11.3 Å². The van der Waals surface area contributed by atoms with Crippen LogP contribution in [0.4, 0.5) is 0 Å². The van der Waals surface area contributed by atoms with Gasteiger partial charge in [0.25, 0.3) is 0 Å². The molecule has 1 saturated carbocycles. The lowest BCUT2D eigenvalue weighted by Crippen LogP contribution is -2.32. The first-order valence-electron chi connectivity index (χ1n) is 6.93. The van der Waals surface area contributed by atoms with Gasteiger partial charge in [0.15, 0.2) is 0 Å². The van der Waals surface area contributed by atoms with E-state index in [4.69, 9.17) is 0 Å². The highest BCUT2D eigenvalue weighted by molar-refractivity contribution is 7.09. The molecule has 1 aromatic rings. The summed E-state index contributed by atoms with van der Waals surface area (Å²) in [6.45, 7) is 3.93. The van der Waals surface area contributed by atoms with Crippen molar-refractivity contribution in [1.29, 1.82) is 0 Å². The number of hydrogen-bond donors (Lipinski definition) is 1. The Balaban J connectivity index is 1.84. The van der Waals surface area contributed by atoms with E-state index in [1.165, 1.54) is 25.7 Å². The molecule has 1 heterocycles. The molecule has 4 heteroatoms. The van der Waals surface area contributed by atoms with Crippen LogP contribution < -0.4 is 0 Å². The summed E-state index contributed by atoms with van der Waals surface area (Å²) in [6.07, 6.45) is 5.78. The molecule has 0 saturated heterocycles. The van der Waals surface area contributed by atoms with Crippen molar-refractivity contribution >= 4 is 11.3 Å². The molecule has 102 valence electrons. The predicted molar refractivity (Wildman–Crippen MR) is 75.8 cm³/mol. The van der Waals surface area contributed by atoms with Crippen molar-refractivity contribution in [3.8, 4) is 0 Å². The number of rotatable bonds is 4. The highest BCUT2D eigenvalue weighted by Crippen LogP contribution is 2.24. The lowest BCUT2D eigenvalue weighted by Gasteiger charge is -2.25. The fraction of sp³-hybridized carbons (Fsp3) is 0.786. The number of aromatic nitrogens is 1. The van der Waals surface area contributed by atoms with E-state index in [9.17, 15) is 5.11 Å². The molecule has 1 aromatic heterocycles. The lowest BCUT2D eigenvalue weighted by atomic mass is 9.97. The Bertz CT molecular complexity index is 366. The van der Waals surface area contributed by atoms with Crippen molar-refractivity contribution in [2.45, 2.75) is 51.7 Å². The first-order valence-corrected chi connectivity index (χ1v) is 7.80.